The Kier molecular flexibility index (Phi) is 4.78. The number of hydrogen-bond acceptors (Lipinski definition) is 5. The van der Waals surface area contributed by atoms with Gasteiger partial charge in [0.05, 0.1) is 15.7 Å². The number of nitro benzene ring substituents is 1. The number of carbonyl (C=O) groups is 1. The molecule has 8 heteroatoms. The zero-order valence-electron chi connectivity index (χ0n) is 13.0. The number of carbonyl (C=O) groups excluding carboxylic acids is 1. The third kappa shape index (κ3) is 3.52. The zero-order chi connectivity index (χ0) is 18.0. The highest BCUT2D eigenvalue weighted by atomic mass is 35.5. The van der Waals surface area contributed by atoms with Crippen molar-refractivity contribution in [3.8, 4) is 0 Å². The molecule has 1 amide bonds. The van der Waals surface area contributed by atoms with Gasteiger partial charge in [-0.1, -0.05) is 41.9 Å². The van der Waals surface area contributed by atoms with Gasteiger partial charge in [0, 0.05) is 27.8 Å². The van der Waals surface area contributed by atoms with E-state index < -0.39 is 10.8 Å². The summed E-state index contributed by atoms with van der Waals surface area (Å²) in [5.41, 5.74) is 3.42. The lowest BCUT2D eigenvalue weighted by molar-refractivity contribution is -0.384. The lowest BCUT2D eigenvalue weighted by Gasteiger charge is -2.02. The maximum Gasteiger partial charge on any atom is 0.283 e. The number of benzene rings is 2. The number of nitro groups is 1. The lowest BCUT2D eigenvalue weighted by atomic mass is 10.1. The minimum atomic E-state index is -0.480. The van der Waals surface area contributed by atoms with Crippen LogP contribution in [0.1, 0.15) is 22.2 Å². The number of hydrazone groups is 1. The number of rotatable bonds is 4. The average molecular weight is 374 g/mol. The lowest BCUT2D eigenvalue weighted by Crippen LogP contribution is -2.18. The molecule has 0 saturated heterocycles. The van der Waals surface area contributed by atoms with Crippen molar-refractivity contribution in [2.24, 2.45) is 5.10 Å². The molecule has 0 aliphatic carbocycles. The number of fused-ring (bicyclic) bond motifs is 1. The van der Waals surface area contributed by atoms with Gasteiger partial charge in [0.25, 0.3) is 11.6 Å². The van der Waals surface area contributed by atoms with E-state index in [1.54, 1.807) is 19.1 Å². The van der Waals surface area contributed by atoms with E-state index in [0.717, 1.165) is 10.1 Å². The van der Waals surface area contributed by atoms with Crippen molar-refractivity contribution >= 4 is 50.3 Å². The molecule has 126 valence electrons. The second-order valence-electron chi connectivity index (χ2n) is 5.19. The Hall–Kier alpha value is -2.77. The minimum absolute atomic E-state index is 0.0362. The Morgan fingerprint density at radius 1 is 1.24 bits per heavy atom. The van der Waals surface area contributed by atoms with Crippen molar-refractivity contribution in [1.29, 1.82) is 0 Å². The molecule has 0 unspecified atom stereocenters. The molecular formula is C17H12ClN3O3S. The minimum Gasteiger partial charge on any atom is -0.266 e. The summed E-state index contributed by atoms with van der Waals surface area (Å²) in [5, 5.41) is 16.1. The van der Waals surface area contributed by atoms with Crippen LogP contribution in [0.25, 0.3) is 10.1 Å². The molecule has 0 fully saturated rings. The summed E-state index contributed by atoms with van der Waals surface area (Å²) in [6, 6.07) is 13.5. The highest BCUT2D eigenvalue weighted by Gasteiger charge is 2.16. The van der Waals surface area contributed by atoms with Crippen molar-refractivity contribution in [3.63, 3.8) is 0 Å². The van der Waals surface area contributed by atoms with Gasteiger partial charge in [0.1, 0.15) is 4.88 Å². The zero-order valence-corrected chi connectivity index (χ0v) is 14.6. The van der Waals surface area contributed by atoms with Crippen LogP contribution in [0.3, 0.4) is 0 Å². The molecule has 1 heterocycles. The molecule has 25 heavy (non-hydrogen) atoms. The van der Waals surface area contributed by atoms with Crippen molar-refractivity contribution in [2.75, 3.05) is 0 Å². The summed E-state index contributed by atoms with van der Waals surface area (Å²) in [7, 11) is 0. The average Bonchev–Trinajstić information content (AvgIpc) is 2.96. The van der Waals surface area contributed by atoms with E-state index in [0.29, 0.717) is 21.2 Å². The summed E-state index contributed by atoms with van der Waals surface area (Å²) < 4.78 is 0.914. The normalized spacial score (nSPS) is 11.5. The predicted octanol–water partition coefficient (Wildman–Crippen LogP) is 4.62. The smallest absolute Gasteiger partial charge is 0.266 e. The SMILES string of the molecule is C/C(=N/NC(=O)c1sc2ccccc2c1Cl)c1cccc([N+](=O)[O-])c1. The van der Waals surface area contributed by atoms with Crippen LogP contribution in [0.5, 0.6) is 0 Å². The van der Waals surface area contributed by atoms with Crippen LogP contribution in [0.2, 0.25) is 5.02 Å². The second kappa shape index (κ2) is 7.00. The Balaban J connectivity index is 1.82. The molecule has 0 aliphatic heterocycles. The van der Waals surface area contributed by atoms with Crippen LogP contribution in [0.4, 0.5) is 5.69 Å². The maximum atomic E-state index is 12.3. The largest absolute Gasteiger partial charge is 0.283 e. The van der Waals surface area contributed by atoms with E-state index in [-0.39, 0.29) is 5.69 Å². The molecule has 0 saturated carbocycles. The second-order valence-corrected chi connectivity index (χ2v) is 6.62. The number of thiophene rings is 1. The van der Waals surface area contributed by atoms with Crippen molar-refractivity contribution in [1.82, 2.24) is 5.43 Å². The van der Waals surface area contributed by atoms with E-state index >= 15 is 0 Å². The van der Waals surface area contributed by atoms with Gasteiger partial charge in [-0.3, -0.25) is 14.9 Å². The Morgan fingerprint density at radius 2 is 2.00 bits per heavy atom. The number of hydrogen-bond donors (Lipinski definition) is 1. The molecule has 6 nitrogen and oxygen atoms in total. The molecule has 0 radical (unpaired) electrons. The van der Waals surface area contributed by atoms with Crippen LogP contribution < -0.4 is 5.43 Å². The van der Waals surface area contributed by atoms with Gasteiger partial charge in [0.15, 0.2) is 0 Å². The van der Waals surface area contributed by atoms with Gasteiger partial charge < -0.3 is 0 Å². The number of halogens is 1. The van der Waals surface area contributed by atoms with Gasteiger partial charge in [-0.25, -0.2) is 5.43 Å². The fourth-order valence-electron chi connectivity index (χ4n) is 2.25. The van der Waals surface area contributed by atoms with E-state index in [1.807, 2.05) is 24.3 Å². The first-order valence-electron chi connectivity index (χ1n) is 7.24. The molecule has 0 bridgehead atoms. The van der Waals surface area contributed by atoms with Gasteiger partial charge in [0.2, 0.25) is 0 Å². The molecule has 0 aliphatic rings. The molecule has 0 spiro atoms. The number of amides is 1. The third-order valence-corrected chi connectivity index (χ3v) is 5.22. The molecule has 2 aromatic carbocycles. The van der Waals surface area contributed by atoms with Crippen LogP contribution in [0.15, 0.2) is 53.6 Å². The number of nitrogens with one attached hydrogen (secondary N) is 1. The maximum absolute atomic E-state index is 12.3. The van der Waals surface area contributed by atoms with Gasteiger partial charge >= 0.3 is 0 Å². The first-order valence-corrected chi connectivity index (χ1v) is 8.43. The quantitative estimate of drug-likeness (QED) is 0.411. The summed E-state index contributed by atoms with van der Waals surface area (Å²) in [6.45, 7) is 1.66. The highest BCUT2D eigenvalue weighted by Crippen LogP contribution is 2.34. The first-order chi connectivity index (χ1) is 12.0. The van der Waals surface area contributed by atoms with Crippen molar-refractivity contribution in [3.05, 3.63) is 74.1 Å². The Morgan fingerprint density at radius 3 is 2.72 bits per heavy atom. The third-order valence-electron chi connectivity index (χ3n) is 3.54. The molecule has 3 aromatic rings. The molecule has 1 aromatic heterocycles. The topological polar surface area (TPSA) is 84.6 Å². The molecular weight excluding hydrogens is 362 g/mol. The number of nitrogens with zero attached hydrogens (tertiary/aromatic N) is 2. The van der Waals surface area contributed by atoms with Crippen molar-refractivity contribution < 1.29 is 9.72 Å². The Bertz CT molecular complexity index is 1010. The van der Waals surface area contributed by atoms with E-state index in [2.05, 4.69) is 10.5 Å². The summed E-state index contributed by atoms with van der Waals surface area (Å²) in [4.78, 5) is 23.1. The van der Waals surface area contributed by atoms with Crippen LogP contribution in [-0.2, 0) is 0 Å². The summed E-state index contributed by atoms with van der Waals surface area (Å²) in [6.07, 6.45) is 0. The molecule has 0 atom stereocenters. The first kappa shape index (κ1) is 17.1. The van der Waals surface area contributed by atoms with Crippen LogP contribution in [-0.4, -0.2) is 16.5 Å². The summed E-state index contributed by atoms with van der Waals surface area (Å²) in [5.74, 6) is -0.420. The van der Waals surface area contributed by atoms with E-state index in [9.17, 15) is 14.9 Å². The monoisotopic (exact) mass is 373 g/mol. The van der Waals surface area contributed by atoms with Crippen LogP contribution >= 0.6 is 22.9 Å². The molecule has 1 N–H and O–H groups in total. The van der Waals surface area contributed by atoms with Gasteiger partial charge in [-0.15, -0.1) is 11.3 Å². The molecule has 3 rings (SSSR count). The summed E-state index contributed by atoms with van der Waals surface area (Å²) >= 11 is 7.55. The standard InChI is InChI=1S/C17H12ClN3O3S/c1-10(11-5-4-6-12(9-11)21(23)24)19-20-17(22)16-15(18)13-7-2-3-8-14(13)25-16/h2-9H,1H3,(H,20,22)/b19-10-. The van der Waals surface area contributed by atoms with Crippen molar-refractivity contribution in [2.45, 2.75) is 6.92 Å². The van der Waals surface area contributed by atoms with Gasteiger partial charge in [-0.05, 0) is 13.0 Å². The predicted molar refractivity (Wildman–Crippen MR) is 99.6 cm³/mol. The fourth-order valence-corrected chi connectivity index (χ4v) is 3.66. The fraction of sp³-hybridized carbons (Fsp3) is 0.0588. The Labute approximate surface area is 151 Å². The van der Waals surface area contributed by atoms with Gasteiger partial charge in [-0.2, -0.15) is 5.10 Å². The van der Waals surface area contributed by atoms with Crippen LogP contribution in [0, 0.1) is 10.1 Å². The number of non-ortho nitro benzene ring substituents is 1. The van der Waals surface area contributed by atoms with E-state index in [4.69, 9.17) is 11.6 Å². The van der Waals surface area contributed by atoms with E-state index in [1.165, 1.54) is 23.5 Å². The highest BCUT2D eigenvalue weighted by molar-refractivity contribution is 7.21.